The van der Waals surface area contributed by atoms with E-state index in [1.807, 2.05) is 18.2 Å². The lowest BCUT2D eigenvalue weighted by atomic mass is 9.96. The molecule has 4 rings (SSSR count). The van der Waals surface area contributed by atoms with Crippen molar-refractivity contribution < 1.29 is 18.9 Å². The second-order valence-corrected chi connectivity index (χ2v) is 5.99. The molecule has 2 heterocycles. The molecule has 0 radical (unpaired) electrons. The van der Waals surface area contributed by atoms with Crippen LogP contribution in [-0.4, -0.2) is 32.9 Å². The fraction of sp³-hybridized carbons (Fsp3) is 0.300. The van der Waals surface area contributed by atoms with Crippen LogP contribution in [0.3, 0.4) is 0 Å². The lowest BCUT2D eigenvalue weighted by Gasteiger charge is -2.26. The maximum atomic E-state index is 6.13. The first kappa shape index (κ1) is 15.8. The average molecular weight is 339 g/mol. The van der Waals surface area contributed by atoms with Gasteiger partial charge in [-0.3, -0.25) is 0 Å². The van der Waals surface area contributed by atoms with Crippen molar-refractivity contribution in [3.63, 3.8) is 0 Å². The second-order valence-electron chi connectivity index (χ2n) is 5.99. The Morgan fingerprint density at radius 3 is 2.52 bits per heavy atom. The number of aromatic amines is 1. The molecule has 0 saturated carbocycles. The van der Waals surface area contributed by atoms with Crippen molar-refractivity contribution in [2.24, 2.45) is 0 Å². The van der Waals surface area contributed by atoms with Crippen LogP contribution in [0.1, 0.15) is 22.9 Å². The van der Waals surface area contributed by atoms with E-state index in [9.17, 15) is 0 Å². The van der Waals surface area contributed by atoms with Crippen LogP contribution < -0.4 is 14.2 Å². The number of hydrogen-bond acceptors (Lipinski definition) is 4. The molecule has 1 unspecified atom stereocenters. The quantitative estimate of drug-likeness (QED) is 0.784. The van der Waals surface area contributed by atoms with Gasteiger partial charge in [-0.25, -0.2) is 0 Å². The molecular weight excluding hydrogens is 318 g/mol. The molecule has 5 nitrogen and oxygen atoms in total. The molecule has 5 heteroatoms. The average Bonchev–Trinajstić information content (AvgIpc) is 3.05. The highest BCUT2D eigenvalue weighted by atomic mass is 16.5. The summed E-state index contributed by atoms with van der Waals surface area (Å²) < 4.78 is 22.7. The van der Waals surface area contributed by atoms with Crippen LogP contribution in [0.4, 0.5) is 0 Å². The Bertz CT molecular complexity index is 915. The summed E-state index contributed by atoms with van der Waals surface area (Å²) in [4.78, 5) is 3.53. The van der Waals surface area contributed by atoms with Crippen molar-refractivity contribution in [3.8, 4) is 17.2 Å². The highest BCUT2D eigenvalue weighted by molar-refractivity contribution is 5.85. The van der Waals surface area contributed by atoms with Crippen molar-refractivity contribution in [1.82, 2.24) is 4.98 Å². The SMILES string of the molecule is COc1ccc(C2OCCc3c2[nH]c2ccccc32)c(OC)c1OC. The van der Waals surface area contributed by atoms with Gasteiger partial charge in [0.1, 0.15) is 6.10 Å². The van der Waals surface area contributed by atoms with E-state index in [4.69, 9.17) is 18.9 Å². The molecule has 1 aliphatic heterocycles. The van der Waals surface area contributed by atoms with Gasteiger partial charge in [0.15, 0.2) is 11.5 Å². The van der Waals surface area contributed by atoms with Gasteiger partial charge in [0.2, 0.25) is 5.75 Å². The van der Waals surface area contributed by atoms with Gasteiger partial charge in [-0.2, -0.15) is 0 Å². The molecule has 1 aliphatic rings. The van der Waals surface area contributed by atoms with Gasteiger partial charge < -0.3 is 23.9 Å². The maximum absolute atomic E-state index is 6.13. The van der Waals surface area contributed by atoms with E-state index in [1.54, 1.807) is 21.3 Å². The van der Waals surface area contributed by atoms with Crippen molar-refractivity contribution >= 4 is 10.9 Å². The number of hydrogen-bond donors (Lipinski definition) is 1. The van der Waals surface area contributed by atoms with Crippen LogP contribution in [0.5, 0.6) is 17.2 Å². The zero-order valence-corrected chi connectivity index (χ0v) is 14.6. The molecule has 0 amide bonds. The zero-order chi connectivity index (χ0) is 17.4. The molecule has 1 atom stereocenters. The summed E-state index contributed by atoms with van der Waals surface area (Å²) in [5.74, 6) is 1.85. The predicted octanol–water partition coefficient (Wildman–Crippen LogP) is 3.86. The molecule has 1 aromatic heterocycles. The van der Waals surface area contributed by atoms with Crippen LogP contribution >= 0.6 is 0 Å². The number of aromatic nitrogens is 1. The fourth-order valence-electron chi connectivity index (χ4n) is 3.65. The number of nitrogens with one attached hydrogen (secondary N) is 1. The number of H-pyrrole nitrogens is 1. The molecule has 3 aromatic rings. The Kier molecular flexibility index (Phi) is 4.01. The van der Waals surface area contributed by atoms with Gasteiger partial charge in [0, 0.05) is 16.5 Å². The molecule has 25 heavy (non-hydrogen) atoms. The van der Waals surface area contributed by atoms with Gasteiger partial charge in [0.05, 0.1) is 33.6 Å². The molecule has 2 aromatic carbocycles. The lowest BCUT2D eigenvalue weighted by Crippen LogP contribution is -2.18. The molecule has 1 N–H and O–H groups in total. The number of rotatable bonds is 4. The highest BCUT2D eigenvalue weighted by Gasteiger charge is 2.30. The van der Waals surface area contributed by atoms with Gasteiger partial charge in [0.25, 0.3) is 0 Å². The van der Waals surface area contributed by atoms with Crippen molar-refractivity contribution in [2.75, 3.05) is 27.9 Å². The predicted molar refractivity (Wildman–Crippen MR) is 95.9 cm³/mol. The van der Waals surface area contributed by atoms with E-state index in [0.29, 0.717) is 23.9 Å². The summed E-state index contributed by atoms with van der Waals surface area (Å²) in [6.45, 7) is 0.664. The Balaban J connectivity index is 1.90. The Hall–Kier alpha value is -2.66. The molecule has 0 aliphatic carbocycles. The van der Waals surface area contributed by atoms with Crippen LogP contribution in [0, 0.1) is 0 Å². The van der Waals surface area contributed by atoms with Crippen molar-refractivity contribution in [2.45, 2.75) is 12.5 Å². The maximum Gasteiger partial charge on any atom is 0.203 e. The summed E-state index contributed by atoms with van der Waals surface area (Å²) in [7, 11) is 4.86. The molecule has 0 fully saturated rings. The van der Waals surface area contributed by atoms with Gasteiger partial charge in [-0.1, -0.05) is 18.2 Å². The van der Waals surface area contributed by atoms with Crippen LogP contribution in [0.25, 0.3) is 10.9 Å². The minimum Gasteiger partial charge on any atom is -0.493 e. The third kappa shape index (κ3) is 2.43. The first-order valence-electron chi connectivity index (χ1n) is 8.28. The van der Waals surface area contributed by atoms with Crippen molar-refractivity contribution in [3.05, 3.63) is 53.2 Å². The van der Waals surface area contributed by atoms with E-state index in [1.165, 1.54) is 10.9 Å². The zero-order valence-electron chi connectivity index (χ0n) is 14.6. The highest BCUT2D eigenvalue weighted by Crippen LogP contribution is 2.46. The topological polar surface area (TPSA) is 52.7 Å². The summed E-state index contributed by atoms with van der Waals surface area (Å²) in [6, 6.07) is 12.2. The first-order valence-corrected chi connectivity index (χ1v) is 8.28. The smallest absolute Gasteiger partial charge is 0.203 e. The number of benzene rings is 2. The standard InChI is InChI=1S/C20H21NO4/c1-22-16-9-8-14(19(23-2)20(16)24-3)18-17-13(10-11-25-18)12-6-4-5-7-15(12)21-17/h4-9,18,21H,10-11H2,1-3H3. The van der Waals surface area contributed by atoms with E-state index in [0.717, 1.165) is 23.2 Å². The Morgan fingerprint density at radius 2 is 1.76 bits per heavy atom. The third-order valence-corrected chi connectivity index (χ3v) is 4.76. The largest absolute Gasteiger partial charge is 0.493 e. The monoisotopic (exact) mass is 339 g/mol. The minimum absolute atomic E-state index is 0.231. The van der Waals surface area contributed by atoms with E-state index >= 15 is 0 Å². The van der Waals surface area contributed by atoms with Crippen LogP contribution in [0.15, 0.2) is 36.4 Å². The van der Waals surface area contributed by atoms with E-state index in [-0.39, 0.29) is 6.10 Å². The summed E-state index contributed by atoms with van der Waals surface area (Å²) >= 11 is 0. The first-order chi connectivity index (χ1) is 12.3. The van der Waals surface area contributed by atoms with E-state index < -0.39 is 0 Å². The van der Waals surface area contributed by atoms with Crippen LogP contribution in [0.2, 0.25) is 0 Å². The van der Waals surface area contributed by atoms with Gasteiger partial charge in [-0.05, 0) is 30.2 Å². The summed E-state index contributed by atoms with van der Waals surface area (Å²) in [6.07, 6.45) is 0.664. The summed E-state index contributed by atoms with van der Waals surface area (Å²) in [5, 5.41) is 1.25. The summed E-state index contributed by atoms with van der Waals surface area (Å²) in [5.41, 5.74) is 4.44. The fourth-order valence-corrected chi connectivity index (χ4v) is 3.65. The number of methoxy groups -OCH3 is 3. The normalized spacial score (nSPS) is 16.5. The second kappa shape index (κ2) is 6.33. The molecule has 0 bridgehead atoms. The number of fused-ring (bicyclic) bond motifs is 3. The third-order valence-electron chi connectivity index (χ3n) is 4.76. The van der Waals surface area contributed by atoms with Gasteiger partial charge >= 0.3 is 0 Å². The number of para-hydroxylation sites is 1. The van der Waals surface area contributed by atoms with E-state index in [2.05, 4.69) is 23.2 Å². The molecule has 0 saturated heterocycles. The van der Waals surface area contributed by atoms with Crippen molar-refractivity contribution in [1.29, 1.82) is 0 Å². The molecule has 130 valence electrons. The Morgan fingerprint density at radius 1 is 0.960 bits per heavy atom. The molecule has 0 spiro atoms. The minimum atomic E-state index is -0.231. The number of ether oxygens (including phenoxy) is 4. The Labute approximate surface area is 146 Å². The lowest BCUT2D eigenvalue weighted by molar-refractivity contribution is 0.0657. The van der Waals surface area contributed by atoms with Gasteiger partial charge in [-0.15, -0.1) is 0 Å². The van der Waals surface area contributed by atoms with Crippen LogP contribution in [-0.2, 0) is 11.2 Å². The molecular formula is C20H21NO4.